The fourth-order valence-corrected chi connectivity index (χ4v) is 1.20. The van der Waals surface area contributed by atoms with Crippen LogP contribution in [0, 0.1) is 0 Å². The smallest absolute Gasteiger partial charge is 0.0886 e. The van der Waals surface area contributed by atoms with Crippen LogP contribution in [0.2, 0.25) is 0 Å². The highest BCUT2D eigenvalue weighted by molar-refractivity contribution is 7.84. The minimum atomic E-state index is 0.0494. The number of aromatic nitrogens is 2. The summed E-state index contributed by atoms with van der Waals surface area (Å²) < 4.78 is 0. The van der Waals surface area contributed by atoms with Gasteiger partial charge < -0.3 is 5.11 Å². The van der Waals surface area contributed by atoms with Crippen molar-refractivity contribution in [2.45, 2.75) is 5.25 Å². The molecule has 1 N–H and O–H groups in total. The molecule has 0 aliphatic heterocycles. The van der Waals surface area contributed by atoms with Crippen LogP contribution in [0.5, 0.6) is 0 Å². The summed E-state index contributed by atoms with van der Waals surface area (Å²) in [7, 11) is 0. The van der Waals surface area contributed by atoms with Crippen molar-refractivity contribution in [1.29, 1.82) is 0 Å². The van der Waals surface area contributed by atoms with Gasteiger partial charge in [-0.15, -0.1) is 0 Å². The number of aliphatic hydroxyl groups is 1. The molecule has 0 fully saturated rings. The standard InChI is InChI=1S/C10H8N2.C3H8OS2/c1-3-7-11-9(5-1)10-6-2-4-8-12-10;4-1-3(6)2-5/h1-8H;3-6H,1-2H2. The molecule has 2 rings (SSSR count). The van der Waals surface area contributed by atoms with Crippen LogP contribution in [0.25, 0.3) is 11.4 Å². The van der Waals surface area contributed by atoms with E-state index in [9.17, 15) is 0 Å². The summed E-state index contributed by atoms with van der Waals surface area (Å²) in [6.45, 7) is 0.118. The summed E-state index contributed by atoms with van der Waals surface area (Å²) >= 11 is 7.76. The summed E-state index contributed by atoms with van der Waals surface area (Å²) in [4.78, 5) is 8.37. The van der Waals surface area contributed by atoms with Crippen LogP contribution in [-0.2, 0) is 0 Å². The SMILES string of the molecule is OCC(S)CS.c1ccc(-c2ccccn2)nc1. The van der Waals surface area contributed by atoms with Crippen molar-refractivity contribution in [2.24, 2.45) is 0 Å². The molecule has 3 nitrogen and oxygen atoms in total. The summed E-state index contributed by atoms with van der Waals surface area (Å²) in [5.74, 6) is 0.639. The van der Waals surface area contributed by atoms with Gasteiger partial charge in [-0.05, 0) is 24.3 Å². The van der Waals surface area contributed by atoms with Gasteiger partial charge in [0.25, 0.3) is 0 Å². The first-order valence-corrected chi connectivity index (χ1v) is 6.65. The van der Waals surface area contributed by atoms with Crippen LogP contribution < -0.4 is 0 Å². The van der Waals surface area contributed by atoms with Crippen molar-refractivity contribution >= 4 is 25.3 Å². The monoisotopic (exact) mass is 280 g/mol. The van der Waals surface area contributed by atoms with E-state index in [2.05, 4.69) is 35.2 Å². The van der Waals surface area contributed by atoms with E-state index in [0.717, 1.165) is 11.4 Å². The third kappa shape index (κ3) is 5.53. The second-order valence-electron chi connectivity index (χ2n) is 3.45. The van der Waals surface area contributed by atoms with E-state index in [1.807, 2.05) is 36.4 Å². The average Bonchev–Trinajstić information content (AvgIpc) is 2.49. The lowest BCUT2D eigenvalue weighted by molar-refractivity contribution is 0.302. The maximum absolute atomic E-state index is 8.21. The molecule has 0 radical (unpaired) electrons. The second-order valence-corrected chi connectivity index (χ2v) is 4.54. The van der Waals surface area contributed by atoms with Gasteiger partial charge in [-0.1, -0.05) is 12.1 Å². The quantitative estimate of drug-likeness (QED) is 0.756. The largest absolute Gasteiger partial charge is 0.395 e. The molecule has 0 aliphatic carbocycles. The Kier molecular flexibility index (Phi) is 7.48. The van der Waals surface area contributed by atoms with Crippen molar-refractivity contribution < 1.29 is 5.11 Å². The van der Waals surface area contributed by atoms with Crippen molar-refractivity contribution in [3.8, 4) is 11.4 Å². The first kappa shape index (κ1) is 15.0. The lowest BCUT2D eigenvalue weighted by Crippen LogP contribution is -2.04. The second kappa shape index (κ2) is 8.97. The zero-order valence-electron chi connectivity index (χ0n) is 9.85. The molecular formula is C13H16N2OS2. The normalized spacial score (nSPS) is 11.3. The molecule has 0 saturated carbocycles. The van der Waals surface area contributed by atoms with E-state index in [1.165, 1.54) is 0 Å². The Hall–Kier alpha value is -1.04. The molecule has 0 bridgehead atoms. The summed E-state index contributed by atoms with van der Waals surface area (Å²) in [5.41, 5.74) is 1.83. The number of thiol groups is 2. The molecule has 96 valence electrons. The lowest BCUT2D eigenvalue weighted by Gasteiger charge is -1.96. The molecule has 0 aliphatic rings. The molecule has 1 unspecified atom stereocenters. The van der Waals surface area contributed by atoms with Gasteiger partial charge in [0.15, 0.2) is 0 Å². The molecule has 0 saturated heterocycles. The number of rotatable bonds is 3. The highest BCUT2D eigenvalue weighted by Crippen LogP contribution is 2.10. The predicted octanol–water partition coefficient (Wildman–Crippen LogP) is 2.35. The molecule has 2 aromatic rings. The number of hydrogen-bond acceptors (Lipinski definition) is 5. The molecule has 0 amide bonds. The van der Waals surface area contributed by atoms with Crippen molar-refractivity contribution in [1.82, 2.24) is 9.97 Å². The molecule has 18 heavy (non-hydrogen) atoms. The van der Waals surface area contributed by atoms with E-state index in [-0.39, 0.29) is 11.9 Å². The minimum absolute atomic E-state index is 0.0494. The Morgan fingerprint density at radius 1 is 1.00 bits per heavy atom. The van der Waals surface area contributed by atoms with Gasteiger partial charge in [0.2, 0.25) is 0 Å². The third-order valence-electron chi connectivity index (χ3n) is 2.01. The van der Waals surface area contributed by atoms with Gasteiger partial charge in [-0.3, -0.25) is 9.97 Å². The fourth-order valence-electron chi connectivity index (χ4n) is 1.09. The van der Waals surface area contributed by atoms with Crippen LogP contribution in [0.4, 0.5) is 0 Å². The van der Waals surface area contributed by atoms with Crippen LogP contribution in [0.15, 0.2) is 48.8 Å². The van der Waals surface area contributed by atoms with E-state index < -0.39 is 0 Å². The molecule has 2 aromatic heterocycles. The van der Waals surface area contributed by atoms with Gasteiger partial charge in [-0.2, -0.15) is 25.3 Å². The number of nitrogens with zero attached hydrogens (tertiary/aromatic N) is 2. The van der Waals surface area contributed by atoms with Gasteiger partial charge in [-0.25, -0.2) is 0 Å². The van der Waals surface area contributed by atoms with Gasteiger partial charge in [0, 0.05) is 23.4 Å². The number of aliphatic hydroxyl groups excluding tert-OH is 1. The van der Waals surface area contributed by atoms with Gasteiger partial charge in [0.1, 0.15) is 0 Å². The highest BCUT2D eigenvalue weighted by Gasteiger charge is 1.95. The predicted molar refractivity (Wildman–Crippen MR) is 81.2 cm³/mol. The Bertz CT molecular complexity index is 384. The molecular weight excluding hydrogens is 264 g/mol. The Morgan fingerprint density at radius 3 is 1.72 bits per heavy atom. The number of pyridine rings is 2. The molecule has 2 heterocycles. The average molecular weight is 280 g/mol. The fraction of sp³-hybridized carbons (Fsp3) is 0.231. The van der Waals surface area contributed by atoms with Gasteiger partial charge in [0.05, 0.1) is 18.0 Å². The Labute approximate surface area is 118 Å². The third-order valence-corrected chi connectivity index (χ3v) is 3.09. The van der Waals surface area contributed by atoms with Crippen molar-refractivity contribution in [3.05, 3.63) is 48.8 Å². The maximum Gasteiger partial charge on any atom is 0.0886 e. The van der Waals surface area contributed by atoms with E-state index >= 15 is 0 Å². The van der Waals surface area contributed by atoms with E-state index in [1.54, 1.807) is 12.4 Å². The maximum atomic E-state index is 8.21. The Balaban J connectivity index is 0.000000232. The van der Waals surface area contributed by atoms with Crippen LogP contribution in [-0.4, -0.2) is 32.7 Å². The molecule has 0 aromatic carbocycles. The number of hydrogen-bond donors (Lipinski definition) is 3. The van der Waals surface area contributed by atoms with Crippen LogP contribution in [0.3, 0.4) is 0 Å². The molecule has 5 heteroatoms. The lowest BCUT2D eigenvalue weighted by atomic mass is 10.2. The van der Waals surface area contributed by atoms with Gasteiger partial charge >= 0.3 is 0 Å². The van der Waals surface area contributed by atoms with Crippen LogP contribution >= 0.6 is 25.3 Å². The summed E-state index contributed by atoms with van der Waals surface area (Å²) in [6.07, 6.45) is 3.54. The topological polar surface area (TPSA) is 46.0 Å². The van der Waals surface area contributed by atoms with Crippen molar-refractivity contribution in [2.75, 3.05) is 12.4 Å². The van der Waals surface area contributed by atoms with Crippen LogP contribution in [0.1, 0.15) is 0 Å². The minimum Gasteiger partial charge on any atom is -0.395 e. The van der Waals surface area contributed by atoms with Crippen molar-refractivity contribution in [3.63, 3.8) is 0 Å². The van der Waals surface area contributed by atoms with E-state index in [4.69, 9.17) is 5.11 Å². The summed E-state index contributed by atoms with van der Waals surface area (Å²) in [6, 6.07) is 11.6. The molecule has 1 atom stereocenters. The zero-order valence-corrected chi connectivity index (χ0v) is 11.6. The summed E-state index contributed by atoms with van der Waals surface area (Å²) in [5, 5.41) is 8.26. The Morgan fingerprint density at radius 2 is 1.50 bits per heavy atom. The highest BCUT2D eigenvalue weighted by atomic mass is 32.1. The zero-order chi connectivity index (χ0) is 13.2. The molecule has 0 spiro atoms. The van der Waals surface area contributed by atoms with E-state index in [0.29, 0.717) is 5.75 Å². The first-order chi connectivity index (χ1) is 8.77. The first-order valence-electron chi connectivity index (χ1n) is 5.50.